The summed E-state index contributed by atoms with van der Waals surface area (Å²) < 4.78 is 72.1. The van der Waals surface area contributed by atoms with Gasteiger partial charge in [0.2, 0.25) is 5.91 Å². The van der Waals surface area contributed by atoms with E-state index in [2.05, 4.69) is 5.32 Å². The van der Waals surface area contributed by atoms with Gasteiger partial charge in [-0.05, 0) is 32.6 Å². The maximum Gasteiger partial charge on any atom is 0.471 e. The minimum atomic E-state index is -5.03. The zero-order chi connectivity index (χ0) is 22.8. The molecule has 0 aromatic carbocycles. The van der Waals surface area contributed by atoms with Crippen molar-refractivity contribution < 1.29 is 45.5 Å². The molecule has 0 unspecified atom stereocenters. The van der Waals surface area contributed by atoms with Crippen LogP contribution >= 0.6 is 12.4 Å². The molecule has 0 spiro atoms. The molecule has 5 N–H and O–H groups in total. The van der Waals surface area contributed by atoms with Gasteiger partial charge >= 0.3 is 24.2 Å². The third kappa shape index (κ3) is 12.5. The van der Waals surface area contributed by atoms with Gasteiger partial charge in [0.05, 0.1) is 12.1 Å². The molecule has 0 radical (unpaired) electrons. The van der Waals surface area contributed by atoms with Crippen LogP contribution in [0.1, 0.15) is 32.6 Å². The average Bonchev–Trinajstić information content (AvgIpc) is 2.58. The molecule has 0 aromatic rings. The predicted octanol–water partition coefficient (Wildman–Crippen LogP) is 0.727. The number of alkyl halides is 6. The Hall–Kier alpha value is -2.09. The van der Waals surface area contributed by atoms with E-state index < -0.39 is 47.9 Å². The van der Waals surface area contributed by atoms with Crippen molar-refractivity contribution in [2.24, 2.45) is 5.73 Å². The highest BCUT2D eigenvalue weighted by Crippen LogP contribution is 2.14. The molecule has 15 heteroatoms. The van der Waals surface area contributed by atoms with Gasteiger partial charge in [-0.2, -0.15) is 26.3 Å². The summed E-state index contributed by atoms with van der Waals surface area (Å²) in [6.07, 6.45) is -10.3. The van der Waals surface area contributed by atoms with Crippen LogP contribution in [-0.4, -0.2) is 61.0 Å². The molecule has 0 aromatic heterocycles. The second-order valence-electron chi connectivity index (χ2n) is 6.07. The molecule has 0 aliphatic rings. The van der Waals surface area contributed by atoms with Gasteiger partial charge in [-0.15, -0.1) is 12.4 Å². The number of carbonyl (C=O) groups excluding carboxylic acids is 4. The van der Waals surface area contributed by atoms with Crippen molar-refractivity contribution in [3.63, 3.8) is 0 Å². The van der Waals surface area contributed by atoms with E-state index in [1.807, 2.05) is 0 Å². The largest absolute Gasteiger partial charge is 0.471 e. The summed E-state index contributed by atoms with van der Waals surface area (Å²) in [5.74, 6) is -5.53. The number of carbonyl (C=O) groups is 4. The fraction of sp³-hybridized carbons (Fsp3) is 0.733. The van der Waals surface area contributed by atoms with E-state index in [-0.39, 0.29) is 51.2 Å². The zero-order valence-corrected chi connectivity index (χ0v) is 16.6. The molecule has 0 rings (SSSR count). The number of amides is 3. The first-order valence-electron chi connectivity index (χ1n) is 8.42. The molecule has 0 fully saturated rings. The standard InChI is InChI=1S/C15H22F6N4O4.ClH/c1-8(26)10(5-3-7-24-13(29)15(19,20)21)25-11(27)9(22)4-2-6-23-12(28)14(16,17)18;/h9-10H,2-7,22H2,1H3,(H,23,28)(H,24,29)(H,25,27);1H/t9-,10-;/m0./s1. The molecule has 0 aliphatic carbocycles. The van der Waals surface area contributed by atoms with Crippen LogP contribution in [0.15, 0.2) is 0 Å². The second-order valence-corrected chi connectivity index (χ2v) is 6.07. The van der Waals surface area contributed by atoms with E-state index in [0.717, 1.165) is 6.92 Å². The van der Waals surface area contributed by atoms with E-state index in [1.165, 1.54) is 0 Å². The van der Waals surface area contributed by atoms with E-state index in [9.17, 15) is 45.5 Å². The number of Topliss-reactive ketones (excluding diaryl/α,β-unsaturated/α-hetero) is 1. The van der Waals surface area contributed by atoms with Crippen molar-refractivity contribution in [2.45, 2.75) is 57.0 Å². The Morgan fingerprint density at radius 1 is 0.833 bits per heavy atom. The van der Waals surface area contributed by atoms with E-state index in [0.29, 0.717) is 0 Å². The number of halogens is 7. The Morgan fingerprint density at radius 3 is 1.60 bits per heavy atom. The Kier molecular flexibility index (Phi) is 13.3. The molecule has 0 saturated heterocycles. The maximum atomic E-state index is 12.0. The Labute approximate surface area is 174 Å². The van der Waals surface area contributed by atoms with Gasteiger partial charge in [-0.25, -0.2) is 0 Å². The van der Waals surface area contributed by atoms with Crippen molar-refractivity contribution in [3.05, 3.63) is 0 Å². The Bertz CT molecular complexity index is 601. The number of hydrogen-bond acceptors (Lipinski definition) is 5. The van der Waals surface area contributed by atoms with Gasteiger partial charge in [-0.1, -0.05) is 0 Å². The van der Waals surface area contributed by atoms with Gasteiger partial charge in [0.15, 0.2) is 5.78 Å². The third-order valence-electron chi connectivity index (χ3n) is 3.59. The van der Waals surface area contributed by atoms with Crippen LogP contribution in [-0.2, 0) is 19.2 Å². The Morgan fingerprint density at radius 2 is 1.23 bits per heavy atom. The first-order chi connectivity index (χ1) is 13.2. The van der Waals surface area contributed by atoms with Crippen LogP contribution in [0.4, 0.5) is 26.3 Å². The van der Waals surface area contributed by atoms with Crippen molar-refractivity contribution >= 4 is 35.9 Å². The smallest absolute Gasteiger partial charge is 0.348 e. The molecule has 2 atom stereocenters. The van der Waals surface area contributed by atoms with E-state index >= 15 is 0 Å². The lowest BCUT2D eigenvalue weighted by Crippen LogP contribution is -2.48. The van der Waals surface area contributed by atoms with Crippen LogP contribution in [0.2, 0.25) is 0 Å². The van der Waals surface area contributed by atoms with Crippen LogP contribution in [0.5, 0.6) is 0 Å². The molecule has 0 bridgehead atoms. The minimum Gasteiger partial charge on any atom is -0.348 e. The van der Waals surface area contributed by atoms with E-state index in [4.69, 9.17) is 5.73 Å². The second kappa shape index (κ2) is 13.3. The molecule has 0 heterocycles. The van der Waals surface area contributed by atoms with Crippen molar-refractivity contribution in [3.8, 4) is 0 Å². The fourth-order valence-corrected chi connectivity index (χ4v) is 2.02. The molecule has 0 saturated carbocycles. The first-order valence-corrected chi connectivity index (χ1v) is 8.42. The lowest BCUT2D eigenvalue weighted by molar-refractivity contribution is -0.173. The van der Waals surface area contributed by atoms with Gasteiger partial charge < -0.3 is 21.7 Å². The van der Waals surface area contributed by atoms with Crippen molar-refractivity contribution in [2.75, 3.05) is 13.1 Å². The summed E-state index contributed by atoms with van der Waals surface area (Å²) in [4.78, 5) is 44.8. The lowest BCUT2D eigenvalue weighted by atomic mass is 10.1. The van der Waals surface area contributed by atoms with Crippen molar-refractivity contribution in [1.82, 2.24) is 16.0 Å². The molecule has 3 amide bonds. The number of nitrogens with two attached hydrogens (primary N) is 1. The highest BCUT2D eigenvalue weighted by molar-refractivity contribution is 5.89. The zero-order valence-electron chi connectivity index (χ0n) is 15.8. The summed E-state index contributed by atoms with van der Waals surface area (Å²) in [6, 6.07) is -2.23. The lowest BCUT2D eigenvalue weighted by Gasteiger charge is -2.19. The molecule has 0 aliphatic heterocycles. The number of hydrogen-bond donors (Lipinski definition) is 4. The van der Waals surface area contributed by atoms with Crippen molar-refractivity contribution in [1.29, 1.82) is 0 Å². The van der Waals surface area contributed by atoms with Gasteiger partial charge in [0.1, 0.15) is 0 Å². The molecule has 176 valence electrons. The molecular formula is C15H23ClF6N4O4. The average molecular weight is 473 g/mol. The molecule has 30 heavy (non-hydrogen) atoms. The normalized spacial score (nSPS) is 13.5. The summed E-state index contributed by atoms with van der Waals surface area (Å²) in [5, 5.41) is 5.52. The van der Waals surface area contributed by atoms with Crippen LogP contribution in [0.25, 0.3) is 0 Å². The molecule has 8 nitrogen and oxygen atoms in total. The quantitative estimate of drug-likeness (QED) is 0.260. The van der Waals surface area contributed by atoms with Gasteiger partial charge in [0, 0.05) is 13.1 Å². The first kappa shape index (κ1) is 30.1. The van der Waals surface area contributed by atoms with Gasteiger partial charge in [-0.3, -0.25) is 19.2 Å². The minimum absolute atomic E-state index is 0. The number of nitrogens with one attached hydrogen (secondary N) is 3. The van der Waals surface area contributed by atoms with Gasteiger partial charge in [0.25, 0.3) is 0 Å². The van der Waals surface area contributed by atoms with E-state index in [1.54, 1.807) is 10.6 Å². The summed E-state index contributed by atoms with van der Waals surface area (Å²) in [7, 11) is 0. The van der Waals surface area contributed by atoms with Crippen LogP contribution < -0.4 is 21.7 Å². The SMILES string of the molecule is CC(=O)[C@H](CCCNC(=O)C(F)(F)F)NC(=O)[C@@H](N)CCCNC(=O)C(F)(F)F.Cl. The highest BCUT2D eigenvalue weighted by Gasteiger charge is 2.38. The monoisotopic (exact) mass is 472 g/mol. The summed E-state index contributed by atoms with van der Waals surface area (Å²) in [5.41, 5.74) is 5.57. The maximum absolute atomic E-state index is 12.0. The fourth-order valence-electron chi connectivity index (χ4n) is 2.02. The third-order valence-corrected chi connectivity index (χ3v) is 3.59. The highest BCUT2D eigenvalue weighted by atomic mass is 35.5. The molecular weight excluding hydrogens is 450 g/mol. The number of rotatable bonds is 11. The summed E-state index contributed by atoms with van der Waals surface area (Å²) in [6.45, 7) is 0.398. The van der Waals surface area contributed by atoms with Crippen LogP contribution in [0, 0.1) is 0 Å². The predicted molar refractivity (Wildman–Crippen MR) is 94.4 cm³/mol. The Balaban J connectivity index is 0. The summed E-state index contributed by atoms with van der Waals surface area (Å²) >= 11 is 0. The number of ketones is 1. The van der Waals surface area contributed by atoms with Crippen LogP contribution in [0.3, 0.4) is 0 Å². The topological polar surface area (TPSA) is 130 Å².